The minimum Gasteiger partial charge on any atom is -0.452 e. The fraction of sp³-hybridized carbons (Fsp3) is 0.174. The topological polar surface area (TPSA) is 59.6 Å². The zero-order chi connectivity index (χ0) is 19.1. The van der Waals surface area contributed by atoms with Crippen molar-refractivity contribution in [3.63, 3.8) is 0 Å². The summed E-state index contributed by atoms with van der Waals surface area (Å²) < 4.78 is 19.6. The molecule has 3 aromatic rings. The lowest BCUT2D eigenvalue weighted by Crippen LogP contribution is -2.28. The van der Waals surface area contributed by atoms with Gasteiger partial charge < -0.3 is 15.8 Å². The first-order valence-electron chi connectivity index (χ1n) is 9.42. The fourth-order valence-electron chi connectivity index (χ4n) is 4.05. The molecular weight excluding hydrogens is 353 g/mol. The number of nitrogens with zero attached hydrogens (tertiary/aromatic N) is 1. The molecule has 3 aromatic carbocycles. The smallest absolute Gasteiger partial charge is 0.290 e. The van der Waals surface area contributed by atoms with Crippen molar-refractivity contribution in [2.75, 3.05) is 11.1 Å². The van der Waals surface area contributed by atoms with Gasteiger partial charge in [-0.15, -0.1) is 0 Å². The van der Waals surface area contributed by atoms with Gasteiger partial charge in [-0.1, -0.05) is 42.5 Å². The highest BCUT2D eigenvalue weighted by molar-refractivity contribution is 5.94. The molecular formula is C23H20FN3O. The lowest BCUT2D eigenvalue weighted by Gasteiger charge is -2.30. The Balaban J connectivity index is 1.55. The number of ether oxygens (including phenoxy) is 1. The third-order valence-electron chi connectivity index (χ3n) is 5.42. The number of anilines is 2. The van der Waals surface area contributed by atoms with Gasteiger partial charge in [0, 0.05) is 11.3 Å². The van der Waals surface area contributed by atoms with Crippen LogP contribution in [0.5, 0.6) is 0 Å². The second-order valence-electron chi connectivity index (χ2n) is 7.17. The Hall–Kier alpha value is -3.34. The summed E-state index contributed by atoms with van der Waals surface area (Å²) in [7, 11) is 0. The standard InChI is InChI=1S/C23H20FN3O/c24-16-11-8-15(9-12-16)22-21-18(25)6-3-7-20(21)27-23(28-22)26-19-13-10-14-4-1-2-5-17(14)19/h1-9,11-12,19,22H,10,13,25H2,(H,26,27)/t19?,22-/m1/s1. The van der Waals surface area contributed by atoms with Gasteiger partial charge in [0.05, 0.1) is 11.7 Å². The average Bonchev–Trinajstić information content (AvgIpc) is 3.11. The maximum Gasteiger partial charge on any atom is 0.290 e. The molecule has 28 heavy (non-hydrogen) atoms. The summed E-state index contributed by atoms with van der Waals surface area (Å²) in [4.78, 5) is 4.87. The normalized spacial score (nSPS) is 21.5. The molecule has 2 atom stereocenters. The van der Waals surface area contributed by atoms with Gasteiger partial charge in [-0.3, -0.25) is 0 Å². The van der Waals surface area contributed by atoms with Crippen molar-refractivity contribution in [2.45, 2.75) is 25.0 Å². The quantitative estimate of drug-likeness (QED) is 0.623. The van der Waals surface area contributed by atoms with Gasteiger partial charge in [0.25, 0.3) is 6.02 Å². The number of rotatable bonds is 2. The molecule has 1 unspecified atom stereocenters. The largest absolute Gasteiger partial charge is 0.452 e. The molecule has 1 heterocycles. The molecule has 2 aliphatic rings. The fourth-order valence-corrected chi connectivity index (χ4v) is 4.05. The first-order chi connectivity index (χ1) is 13.7. The number of aliphatic imine (C=N–C) groups is 1. The van der Waals surface area contributed by atoms with E-state index in [1.54, 1.807) is 12.1 Å². The lowest BCUT2D eigenvalue weighted by atomic mass is 9.97. The Morgan fingerprint density at radius 3 is 2.68 bits per heavy atom. The van der Waals surface area contributed by atoms with E-state index >= 15 is 0 Å². The number of nitrogen functional groups attached to an aromatic ring is 1. The SMILES string of the molecule is Nc1cccc2c1[C@@H](c1ccc(F)cc1)OC(=NC1CCc3ccccc31)N2. The van der Waals surface area contributed by atoms with Crippen LogP contribution in [0.2, 0.25) is 0 Å². The number of fused-ring (bicyclic) bond motifs is 2. The lowest BCUT2D eigenvalue weighted by molar-refractivity contribution is 0.225. The second kappa shape index (κ2) is 6.68. The zero-order valence-electron chi connectivity index (χ0n) is 15.2. The molecule has 0 aromatic heterocycles. The zero-order valence-corrected chi connectivity index (χ0v) is 15.2. The molecule has 0 amide bonds. The van der Waals surface area contributed by atoms with Crippen LogP contribution < -0.4 is 11.1 Å². The van der Waals surface area contributed by atoms with Crippen LogP contribution in [0.25, 0.3) is 0 Å². The van der Waals surface area contributed by atoms with E-state index < -0.39 is 6.10 Å². The Morgan fingerprint density at radius 2 is 1.82 bits per heavy atom. The van der Waals surface area contributed by atoms with Crippen LogP contribution in [0, 0.1) is 5.82 Å². The summed E-state index contributed by atoms with van der Waals surface area (Å²) in [6, 6.07) is 20.9. The first-order valence-corrected chi connectivity index (χ1v) is 9.42. The highest BCUT2D eigenvalue weighted by Gasteiger charge is 2.30. The van der Waals surface area contributed by atoms with Crippen LogP contribution in [-0.2, 0) is 11.2 Å². The van der Waals surface area contributed by atoms with E-state index in [2.05, 4.69) is 23.5 Å². The molecule has 0 spiro atoms. The minimum atomic E-state index is -0.437. The van der Waals surface area contributed by atoms with Gasteiger partial charge in [0.2, 0.25) is 0 Å². The molecule has 0 saturated carbocycles. The number of halogens is 1. The van der Waals surface area contributed by atoms with Gasteiger partial charge in [-0.05, 0) is 53.8 Å². The predicted octanol–water partition coefficient (Wildman–Crippen LogP) is 4.98. The summed E-state index contributed by atoms with van der Waals surface area (Å²) in [6.07, 6.45) is 1.54. The highest BCUT2D eigenvalue weighted by Crippen LogP contribution is 2.40. The van der Waals surface area contributed by atoms with E-state index in [0.717, 1.165) is 29.7 Å². The van der Waals surface area contributed by atoms with Gasteiger partial charge in [0.1, 0.15) is 5.82 Å². The van der Waals surface area contributed by atoms with Gasteiger partial charge in [-0.25, -0.2) is 9.38 Å². The molecule has 0 radical (unpaired) electrons. The van der Waals surface area contributed by atoms with Crippen molar-refractivity contribution in [1.82, 2.24) is 0 Å². The third kappa shape index (κ3) is 2.89. The number of hydrogen-bond acceptors (Lipinski definition) is 3. The molecule has 0 bridgehead atoms. The summed E-state index contributed by atoms with van der Waals surface area (Å²) >= 11 is 0. The van der Waals surface area contributed by atoms with Crippen LogP contribution in [0.15, 0.2) is 71.7 Å². The summed E-state index contributed by atoms with van der Waals surface area (Å²) in [5.74, 6) is -0.282. The number of amidine groups is 1. The van der Waals surface area contributed by atoms with Crippen molar-refractivity contribution in [3.8, 4) is 0 Å². The minimum absolute atomic E-state index is 0.0650. The molecule has 4 nitrogen and oxygen atoms in total. The number of nitrogens with one attached hydrogen (secondary N) is 1. The molecule has 0 saturated heterocycles. The number of hydrogen-bond donors (Lipinski definition) is 2. The van der Waals surface area contributed by atoms with Crippen molar-refractivity contribution in [2.24, 2.45) is 4.99 Å². The third-order valence-corrected chi connectivity index (χ3v) is 5.42. The number of aryl methyl sites for hydroxylation is 1. The maximum atomic E-state index is 13.4. The molecule has 0 fully saturated rings. The summed E-state index contributed by atoms with van der Waals surface area (Å²) in [5, 5.41) is 3.28. The van der Waals surface area contributed by atoms with E-state index in [4.69, 9.17) is 15.5 Å². The van der Waals surface area contributed by atoms with E-state index in [1.807, 2.05) is 24.3 Å². The van der Waals surface area contributed by atoms with Crippen molar-refractivity contribution >= 4 is 17.4 Å². The first kappa shape index (κ1) is 16.8. The van der Waals surface area contributed by atoms with Crippen molar-refractivity contribution in [3.05, 3.63) is 94.8 Å². The number of benzene rings is 3. The van der Waals surface area contributed by atoms with Crippen LogP contribution in [0.1, 0.15) is 40.8 Å². The molecule has 3 N–H and O–H groups in total. The Kier molecular flexibility index (Phi) is 4.01. The number of nitrogens with two attached hydrogens (primary N) is 1. The van der Waals surface area contributed by atoms with E-state index in [9.17, 15) is 4.39 Å². The predicted molar refractivity (Wildman–Crippen MR) is 109 cm³/mol. The highest BCUT2D eigenvalue weighted by atomic mass is 19.1. The molecule has 5 rings (SSSR count). The van der Waals surface area contributed by atoms with Crippen LogP contribution >= 0.6 is 0 Å². The monoisotopic (exact) mass is 373 g/mol. The Labute approximate surface area is 162 Å². The van der Waals surface area contributed by atoms with E-state index in [1.165, 1.54) is 23.3 Å². The summed E-state index contributed by atoms with van der Waals surface area (Å²) in [6.45, 7) is 0. The van der Waals surface area contributed by atoms with Crippen molar-refractivity contribution in [1.29, 1.82) is 0 Å². The maximum absolute atomic E-state index is 13.4. The molecule has 5 heteroatoms. The molecule has 140 valence electrons. The van der Waals surface area contributed by atoms with Gasteiger partial charge in [0.15, 0.2) is 6.10 Å². The van der Waals surface area contributed by atoms with Crippen LogP contribution in [0.3, 0.4) is 0 Å². The van der Waals surface area contributed by atoms with E-state index in [-0.39, 0.29) is 11.9 Å². The molecule has 1 aliphatic carbocycles. The van der Waals surface area contributed by atoms with E-state index in [0.29, 0.717) is 11.7 Å². The van der Waals surface area contributed by atoms with Gasteiger partial charge in [-0.2, -0.15) is 0 Å². The second-order valence-corrected chi connectivity index (χ2v) is 7.17. The van der Waals surface area contributed by atoms with Crippen LogP contribution in [0.4, 0.5) is 15.8 Å². The summed E-state index contributed by atoms with van der Waals surface area (Å²) in [5.41, 5.74) is 12.0. The Morgan fingerprint density at radius 1 is 1.00 bits per heavy atom. The average molecular weight is 373 g/mol. The van der Waals surface area contributed by atoms with Crippen LogP contribution in [-0.4, -0.2) is 6.02 Å². The Bertz CT molecular complexity index is 1060. The van der Waals surface area contributed by atoms with Gasteiger partial charge >= 0.3 is 0 Å². The molecule has 1 aliphatic heterocycles. The van der Waals surface area contributed by atoms with Crippen molar-refractivity contribution < 1.29 is 9.13 Å².